The van der Waals surface area contributed by atoms with Crippen molar-refractivity contribution in [1.82, 2.24) is 10.6 Å². The Kier molecular flexibility index (Phi) is 13.3. The number of phenols is 2. The number of carbonyl (C=O) groups excluding carboxylic acids is 2. The molecule has 0 aliphatic carbocycles. The Labute approximate surface area is 235 Å². The zero-order valence-electron chi connectivity index (χ0n) is 18.8. The van der Waals surface area contributed by atoms with Gasteiger partial charge in [0.2, 0.25) is 0 Å². The molecule has 0 unspecified atom stereocenters. The normalized spacial score (nSPS) is 11.8. The predicted octanol–water partition coefficient (Wildman–Crippen LogP) is 2.46. The van der Waals surface area contributed by atoms with Gasteiger partial charge in [-0.3, -0.25) is 0 Å². The van der Waals surface area contributed by atoms with Gasteiger partial charge in [-0.15, -0.1) is 0 Å². The summed E-state index contributed by atoms with van der Waals surface area (Å²) < 4.78 is 0.980. The summed E-state index contributed by atoms with van der Waals surface area (Å²) in [7, 11) is 0. The number of hydrogen-bond donors (Lipinski definition) is 6. The molecule has 0 heterocycles. The van der Waals surface area contributed by atoms with Gasteiger partial charge in [0, 0.05) is 0 Å². The second kappa shape index (κ2) is 15.9. The Bertz CT molecular complexity index is 1050. The zero-order chi connectivity index (χ0) is 26.5. The average molecular weight is 758 g/mol. The molecule has 0 aliphatic rings. The first kappa shape index (κ1) is 30.1. The van der Waals surface area contributed by atoms with Crippen molar-refractivity contribution in [2.45, 2.75) is 23.5 Å². The van der Waals surface area contributed by atoms with Crippen LogP contribution in [0.5, 0.6) is 11.5 Å². The molecule has 14 heteroatoms. The van der Waals surface area contributed by atoms with Gasteiger partial charge in [-0.1, -0.05) is 0 Å². The van der Waals surface area contributed by atoms with Crippen molar-refractivity contribution in [3.8, 4) is 11.5 Å². The van der Waals surface area contributed by atoms with E-state index >= 15 is 0 Å². The minimum atomic E-state index is -0.450. The summed E-state index contributed by atoms with van der Waals surface area (Å²) in [6.07, 6.45) is 0.248. The van der Waals surface area contributed by atoms with E-state index in [1.165, 1.54) is 12.1 Å². The molecule has 10 nitrogen and oxygen atoms in total. The number of benzene rings is 2. The van der Waals surface area contributed by atoms with E-state index in [1.54, 1.807) is 24.3 Å². The van der Waals surface area contributed by atoms with Crippen LogP contribution < -0.4 is 10.6 Å². The van der Waals surface area contributed by atoms with Crippen LogP contribution >= 0.6 is 31.9 Å². The molecule has 0 bridgehead atoms. The van der Waals surface area contributed by atoms with E-state index in [0.717, 1.165) is 10.6 Å². The first-order valence-electron chi connectivity index (χ1n) is 10.4. The summed E-state index contributed by atoms with van der Waals surface area (Å²) in [4.78, 5) is 24.5. The average Bonchev–Trinajstić information content (AvgIpc) is 2.86. The summed E-state index contributed by atoms with van der Waals surface area (Å²) >= 11 is 7.02. The second-order valence-electron chi connectivity index (χ2n) is 7.17. The summed E-state index contributed by atoms with van der Waals surface area (Å²) in [6, 6.07) is 9.58. The van der Waals surface area contributed by atoms with Crippen LogP contribution in [0.25, 0.3) is 0 Å². The molecule has 36 heavy (non-hydrogen) atoms. The van der Waals surface area contributed by atoms with Gasteiger partial charge < -0.3 is 0 Å². The van der Waals surface area contributed by atoms with E-state index in [1.807, 2.05) is 0 Å². The van der Waals surface area contributed by atoms with E-state index < -0.39 is 11.8 Å². The van der Waals surface area contributed by atoms with Crippen LogP contribution in [0.3, 0.4) is 0 Å². The van der Waals surface area contributed by atoms with Gasteiger partial charge in [0.25, 0.3) is 0 Å². The number of aromatic hydroxyl groups is 2. The number of nitrogens with one attached hydrogen (secondary N) is 2. The van der Waals surface area contributed by atoms with E-state index in [2.05, 4.69) is 52.8 Å². The van der Waals surface area contributed by atoms with Crippen LogP contribution in [0.4, 0.5) is 0 Å². The molecule has 2 amide bonds. The third-order valence-electron chi connectivity index (χ3n) is 4.56. The second-order valence-corrected chi connectivity index (χ2v) is 16.7. The molecular formula is C22H24Br2N4O6Se2. The monoisotopic (exact) mass is 758 g/mol. The molecule has 0 saturated carbocycles. The van der Waals surface area contributed by atoms with Crippen molar-refractivity contribution < 1.29 is 30.2 Å². The van der Waals surface area contributed by atoms with Gasteiger partial charge in [-0.2, -0.15) is 0 Å². The van der Waals surface area contributed by atoms with Crippen molar-refractivity contribution in [2.75, 3.05) is 13.1 Å². The molecule has 0 radical (unpaired) electrons. The molecule has 0 spiro atoms. The topological polar surface area (TPSA) is 164 Å². The third-order valence-corrected chi connectivity index (χ3v) is 13.2. The first-order chi connectivity index (χ1) is 17.2. The maximum atomic E-state index is 12.3. The molecule has 0 atom stereocenters. The van der Waals surface area contributed by atoms with Gasteiger partial charge in [0.05, 0.1) is 0 Å². The molecule has 2 rings (SSSR count). The molecule has 0 saturated heterocycles. The van der Waals surface area contributed by atoms with Gasteiger partial charge in [-0.05, 0) is 0 Å². The molecule has 0 aliphatic heterocycles. The number of phenolic OH excluding ortho intramolecular Hbond substituents is 2. The molecule has 194 valence electrons. The van der Waals surface area contributed by atoms with Crippen molar-refractivity contribution >= 4 is 81.4 Å². The summed E-state index contributed by atoms with van der Waals surface area (Å²) in [5.74, 6) is -0.736. The summed E-state index contributed by atoms with van der Waals surface area (Å²) in [5, 5.41) is 50.8. The number of rotatable bonds is 13. The third kappa shape index (κ3) is 10.1. The minimum absolute atomic E-state index is 0.0191. The van der Waals surface area contributed by atoms with Crippen molar-refractivity contribution in [2.24, 2.45) is 10.3 Å². The van der Waals surface area contributed by atoms with Gasteiger partial charge in [0.15, 0.2) is 0 Å². The van der Waals surface area contributed by atoms with Crippen LogP contribution in [0.1, 0.15) is 11.1 Å². The van der Waals surface area contributed by atoms with E-state index in [9.17, 15) is 30.2 Å². The van der Waals surface area contributed by atoms with Crippen molar-refractivity contribution in [1.29, 1.82) is 0 Å². The van der Waals surface area contributed by atoms with Crippen LogP contribution in [-0.2, 0) is 22.4 Å². The molecule has 2 aromatic carbocycles. The van der Waals surface area contributed by atoms with Gasteiger partial charge in [0.1, 0.15) is 0 Å². The van der Waals surface area contributed by atoms with Crippen LogP contribution in [0.15, 0.2) is 55.7 Å². The summed E-state index contributed by atoms with van der Waals surface area (Å²) in [6.45, 7) is 0.906. The zero-order valence-corrected chi connectivity index (χ0v) is 25.4. The molecule has 0 fully saturated rings. The number of halogens is 2. The number of hydrogen-bond acceptors (Lipinski definition) is 8. The number of amides is 2. The fourth-order valence-electron chi connectivity index (χ4n) is 2.76. The Balaban J connectivity index is 1.62. The Morgan fingerprint density at radius 2 is 1.14 bits per heavy atom. The molecule has 0 aromatic heterocycles. The van der Waals surface area contributed by atoms with E-state index in [4.69, 9.17) is 0 Å². The van der Waals surface area contributed by atoms with E-state index in [0.29, 0.717) is 59.4 Å². The van der Waals surface area contributed by atoms with Crippen molar-refractivity contribution in [3.05, 3.63) is 56.5 Å². The summed E-state index contributed by atoms with van der Waals surface area (Å²) in [5.41, 5.74) is 1.38. The van der Waals surface area contributed by atoms with E-state index in [-0.39, 0.29) is 35.8 Å². The molecule has 6 N–H and O–H groups in total. The molecular weight excluding hydrogens is 734 g/mol. The van der Waals surface area contributed by atoms with Crippen LogP contribution in [0, 0.1) is 0 Å². The number of oxime groups is 2. The fourth-order valence-corrected chi connectivity index (χ4v) is 9.28. The Morgan fingerprint density at radius 3 is 1.47 bits per heavy atom. The van der Waals surface area contributed by atoms with Gasteiger partial charge in [-0.25, -0.2) is 0 Å². The Morgan fingerprint density at radius 1 is 0.750 bits per heavy atom. The number of carbonyl (C=O) groups is 2. The standard InChI is InChI=1S/C22H24Br2N4O6Se2/c23-15-9-13(1-3-19(15)29)11-17(27-33)21(31)25-5-7-35-36-8-6-26-22(32)18(28-34)12-14-2-4-20(30)16(24)10-14/h1-4,9-10,29-30,33-34H,5-8,11-12H2,(H,25,31)(H,26,32)/b27-17+,28-18+. The van der Waals surface area contributed by atoms with Crippen molar-refractivity contribution in [3.63, 3.8) is 0 Å². The fraction of sp³-hybridized carbons (Fsp3) is 0.273. The van der Waals surface area contributed by atoms with Gasteiger partial charge >= 0.3 is 237 Å². The number of nitrogens with zero attached hydrogens (tertiary/aromatic N) is 2. The maximum absolute atomic E-state index is 12.3. The van der Waals surface area contributed by atoms with Crippen LogP contribution in [0.2, 0.25) is 10.6 Å². The molecule has 2 aromatic rings. The predicted molar refractivity (Wildman–Crippen MR) is 145 cm³/mol. The first-order valence-corrected chi connectivity index (χ1v) is 18.8. The SMILES string of the molecule is O=C(NCC[Se][Se]CCNC(=O)/C(Cc1ccc(O)c(Br)c1)=N/O)/C(Cc1ccc(O)c(Br)c1)=N/O. The quantitative estimate of drug-likeness (QED) is 0.0605. The Hall–Kier alpha value is -2.08. The van der Waals surface area contributed by atoms with Crippen LogP contribution in [-0.4, -0.2) is 83.2 Å².